The highest BCUT2D eigenvalue weighted by Gasteiger charge is 2.13. The van der Waals surface area contributed by atoms with Gasteiger partial charge in [-0.2, -0.15) is 0 Å². The maximum absolute atomic E-state index is 11.7. The van der Waals surface area contributed by atoms with E-state index >= 15 is 0 Å². The van der Waals surface area contributed by atoms with Gasteiger partial charge in [-0.05, 0) is 54.8 Å². The van der Waals surface area contributed by atoms with E-state index in [1.807, 2.05) is 18.6 Å². The summed E-state index contributed by atoms with van der Waals surface area (Å²) in [6.07, 6.45) is 0.907. The van der Waals surface area contributed by atoms with Crippen LogP contribution < -0.4 is 9.46 Å². The highest BCUT2D eigenvalue weighted by atomic mass is 32.2. The first-order valence-corrected chi connectivity index (χ1v) is 9.11. The summed E-state index contributed by atoms with van der Waals surface area (Å²) >= 11 is 0. The number of phenols is 1. The Labute approximate surface area is 141 Å². The van der Waals surface area contributed by atoms with Gasteiger partial charge in [-0.15, -0.1) is 0 Å². The highest BCUT2D eigenvalue weighted by Crippen LogP contribution is 2.30. The molecule has 0 aromatic heterocycles. The van der Waals surface area contributed by atoms with Crippen LogP contribution in [-0.2, 0) is 21.2 Å². The Hall–Kier alpha value is -2.54. The molecule has 0 aliphatic rings. The molecule has 2 rings (SSSR count). The molecule has 6 nitrogen and oxygen atoms in total. The third-order valence-corrected chi connectivity index (χ3v) is 3.84. The lowest BCUT2D eigenvalue weighted by atomic mass is 10.0. The lowest BCUT2D eigenvalue weighted by molar-refractivity contribution is -0.118. The summed E-state index contributed by atoms with van der Waals surface area (Å²) in [6.45, 7) is 3.70. The molecule has 0 saturated carbocycles. The van der Waals surface area contributed by atoms with Crippen molar-refractivity contribution in [3.05, 3.63) is 53.1 Å². The van der Waals surface area contributed by atoms with Crippen LogP contribution in [0.2, 0.25) is 0 Å². The van der Waals surface area contributed by atoms with Gasteiger partial charge < -0.3 is 9.84 Å². The van der Waals surface area contributed by atoms with Crippen LogP contribution in [0.4, 0.5) is 0 Å². The smallest absolute Gasteiger partial charge is 0.237 e. The van der Waals surface area contributed by atoms with Crippen LogP contribution in [0.3, 0.4) is 0 Å². The van der Waals surface area contributed by atoms with Crippen LogP contribution in [0.15, 0.2) is 36.4 Å². The fraction of sp³-hybridized carbons (Fsp3) is 0.235. The van der Waals surface area contributed by atoms with Gasteiger partial charge in [0.15, 0.2) is 0 Å². The first kappa shape index (κ1) is 17.8. The third kappa shape index (κ3) is 4.99. The fourth-order valence-electron chi connectivity index (χ4n) is 2.36. The van der Waals surface area contributed by atoms with Crippen LogP contribution >= 0.6 is 0 Å². The maximum atomic E-state index is 11.7. The molecule has 0 fully saturated rings. The van der Waals surface area contributed by atoms with Crippen LogP contribution in [0.1, 0.15) is 16.7 Å². The summed E-state index contributed by atoms with van der Waals surface area (Å²) in [5, 5.41) is 9.30. The second-order valence-electron chi connectivity index (χ2n) is 5.63. The zero-order valence-corrected chi connectivity index (χ0v) is 14.5. The quantitative estimate of drug-likeness (QED) is 0.865. The van der Waals surface area contributed by atoms with Crippen molar-refractivity contribution < 1.29 is 23.1 Å². The van der Waals surface area contributed by atoms with E-state index < -0.39 is 15.9 Å². The number of sulfonamides is 1. The number of rotatable bonds is 5. The van der Waals surface area contributed by atoms with Gasteiger partial charge in [0.1, 0.15) is 17.2 Å². The van der Waals surface area contributed by atoms with Crippen molar-refractivity contribution in [2.24, 2.45) is 0 Å². The summed E-state index contributed by atoms with van der Waals surface area (Å²) in [5.74, 6) is 0.820. The van der Waals surface area contributed by atoms with Crippen molar-refractivity contribution in [3.8, 4) is 17.2 Å². The number of carbonyl (C=O) groups excluding carboxylic acids is 1. The molecule has 0 atom stereocenters. The summed E-state index contributed by atoms with van der Waals surface area (Å²) in [7, 11) is -3.56. The van der Waals surface area contributed by atoms with Crippen LogP contribution in [0.25, 0.3) is 0 Å². The summed E-state index contributed by atoms with van der Waals surface area (Å²) in [5.41, 5.74) is 2.35. The van der Waals surface area contributed by atoms with Crippen LogP contribution in [-0.4, -0.2) is 25.7 Å². The molecule has 0 unspecified atom stereocenters. The Balaban J connectivity index is 2.19. The van der Waals surface area contributed by atoms with E-state index in [1.165, 1.54) is 12.1 Å². The number of hydrogen-bond donors (Lipinski definition) is 2. The molecule has 2 aromatic carbocycles. The molecule has 128 valence electrons. The van der Waals surface area contributed by atoms with Gasteiger partial charge >= 0.3 is 0 Å². The van der Waals surface area contributed by atoms with Gasteiger partial charge in [0.05, 0.1) is 12.7 Å². The van der Waals surface area contributed by atoms with E-state index in [0.29, 0.717) is 17.1 Å². The fourth-order valence-corrected chi connectivity index (χ4v) is 2.85. The highest BCUT2D eigenvalue weighted by molar-refractivity contribution is 7.89. The van der Waals surface area contributed by atoms with Crippen molar-refractivity contribution >= 4 is 15.9 Å². The lowest BCUT2D eigenvalue weighted by Crippen LogP contribution is -2.30. The monoisotopic (exact) mass is 349 g/mol. The number of aromatic hydroxyl groups is 1. The topological polar surface area (TPSA) is 92.7 Å². The van der Waals surface area contributed by atoms with Crippen molar-refractivity contribution in [2.45, 2.75) is 20.3 Å². The van der Waals surface area contributed by atoms with Crippen LogP contribution in [0, 0.1) is 13.8 Å². The first-order valence-electron chi connectivity index (χ1n) is 7.21. The molecule has 0 heterocycles. The van der Waals surface area contributed by atoms with E-state index in [1.54, 1.807) is 24.3 Å². The molecule has 0 radical (unpaired) electrons. The summed E-state index contributed by atoms with van der Waals surface area (Å²) in [6, 6.07) is 9.94. The predicted molar refractivity (Wildman–Crippen MR) is 90.8 cm³/mol. The molecule has 24 heavy (non-hydrogen) atoms. The molecular weight excluding hydrogens is 330 g/mol. The number of nitrogens with one attached hydrogen (secondary N) is 1. The van der Waals surface area contributed by atoms with Crippen molar-refractivity contribution in [1.82, 2.24) is 4.72 Å². The lowest BCUT2D eigenvalue weighted by Gasteiger charge is -2.14. The molecule has 1 amide bonds. The van der Waals surface area contributed by atoms with Crippen molar-refractivity contribution in [2.75, 3.05) is 6.26 Å². The minimum Gasteiger partial charge on any atom is -0.508 e. The Kier molecular flexibility index (Phi) is 5.14. The summed E-state index contributed by atoms with van der Waals surface area (Å²) in [4.78, 5) is 11.7. The van der Waals surface area contributed by atoms with Gasteiger partial charge in [0.2, 0.25) is 15.9 Å². The van der Waals surface area contributed by atoms with Gasteiger partial charge in [0.25, 0.3) is 0 Å². The predicted octanol–water partition coefficient (Wildman–Crippen LogP) is 2.42. The Morgan fingerprint density at radius 2 is 1.67 bits per heavy atom. The van der Waals surface area contributed by atoms with Gasteiger partial charge in [-0.1, -0.05) is 12.1 Å². The molecular formula is C17H19NO5S. The number of ether oxygens (including phenoxy) is 1. The number of benzene rings is 2. The van der Waals surface area contributed by atoms with Crippen molar-refractivity contribution in [3.63, 3.8) is 0 Å². The zero-order chi connectivity index (χ0) is 17.9. The van der Waals surface area contributed by atoms with Crippen LogP contribution in [0.5, 0.6) is 17.2 Å². The Bertz CT molecular complexity index is 834. The van der Waals surface area contributed by atoms with Gasteiger partial charge in [0, 0.05) is 0 Å². The number of phenolic OH excluding ortho intramolecular Hbond substituents is 1. The molecule has 2 aromatic rings. The average Bonchev–Trinajstić information content (AvgIpc) is 2.42. The Morgan fingerprint density at radius 3 is 2.17 bits per heavy atom. The zero-order valence-electron chi connectivity index (χ0n) is 13.7. The van der Waals surface area contributed by atoms with Gasteiger partial charge in [-0.3, -0.25) is 9.52 Å². The molecule has 2 N–H and O–H groups in total. The SMILES string of the molecule is Cc1cc(CC(=O)NS(C)(=O)=O)cc(C)c1Oc1ccc(O)cc1. The van der Waals surface area contributed by atoms with E-state index in [-0.39, 0.29) is 12.2 Å². The molecule has 0 spiro atoms. The third-order valence-electron chi connectivity index (χ3n) is 3.24. The minimum atomic E-state index is -3.56. The standard InChI is InChI=1S/C17H19NO5S/c1-11-8-13(10-16(20)18-24(3,21)22)9-12(2)17(11)23-15-6-4-14(19)5-7-15/h4-9,19H,10H2,1-3H3,(H,18,20). The van der Waals surface area contributed by atoms with E-state index in [4.69, 9.17) is 4.74 Å². The molecule has 0 aliphatic heterocycles. The number of carbonyl (C=O) groups is 1. The van der Waals surface area contributed by atoms with Gasteiger partial charge in [-0.25, -0.2) is 8.42 Å². The molecule has 0 aliphatic carbocycles. The van der Waals surface area contributed by atoms with E-state index in [2.05, 4.69) is 0 Å². The van der Waals surface area contributed by atoms with E-state index in [0.717, 1.165) is 17.4 Å². The number of aryl methyl sites for hydroxylation is 2. The largest absolute Gasteiger partial charge is 0.508 e. The Morgan fingerprint density at radius 1 is 1.12 bits per heavy atom. The average molecular weight is 349 g/mol. The molecule has 7 heteroatoms. The first-order chi connectivity index (χ1) is 11.1. The second kappa shape index (κ2) is 6.92. The normalized spacial score (nSPS) is 11.1. The van der Waals surface area contributed by atoms with E-state index in [9.17, 15) is 18.3 Å². The number of amides is 1. The number of hydrogen-bond acceptors (Lipinski definition) is 5. The second-order valence-corrected chi connectivity index (χ2v) is 7.38. The minimum absolute atomic E-state index is 0.0335. The van der Waals surface area contributed by atoms with Crippen molar-refractivity contribution in [1.29, 1.82) is 0 Å². The summed E-state index contributed by atoms with van der Waals surface area (Å²) < 4.78 is 29.9. The molecule has 0 bridgehead atoms. The maximum Gasteiger partial charge on any atom is 0.237 e. The molecule has 0 saturated heterocycles.